The number of piperidine rings is 1. The van der Waals surface area contributed by atoms with E-state index in [0.717, 1.165) is 30.9 Å². The van der Waals surface area contributed by atoms with Crippen LogP contribution >= 0.6 is 0 Å². The molecule has 1 spiro atoms. The fourth-order valence-corrected chi connectivity index (χ4v) is 4.70. The molecule has 1 aliphatic heterocycles. The van der Waals surface area contributed by atoms with Crippen LogP contribution in [0.3, 0.4) is 0 Å². The predicted molar refractivity (Wildman–Crippen MR) is 118 cm³/mol. The van der Waals surface area contributed by atoms with Gasteiger partial charge in [0.15, 0.2) is 11.5 Å². The predicted octanol–water partition coefficient (Wildman–Crippen LogP) is 3.68. The maximum Gasteiger partial charge on any atom is 0.433 e. The Morgan fingerprint density at radius 2 is 2.06 bits per heavy atom. The Morgan fingerprint density at radius 1 is 1.35 bits per heavy atom. The van der Waals surface area contributed by atoms with Gasteiger partial charge >= 0.3 is 6.18 Å². The second kappa shape index (κ2) is 8.77. The Labute approximate surface area is 194 Å². The van der Waals surface area contributed by atoms with Gasteiger partial charge in [-0.1, -0.05) is 0 Å². The summed E-state index contributed by atoms with van der Waals surface area (Å²) < 4.78 is 45.2. The Bertz CT molecular complexity index is 1140. The summed E-state index contributed by atoms with van der Waals surface area (Å²) in [6.07, 6.45) is 1.08. The van der Waals surface area contributed by atoms with E-state index >= 15 is 0 Å². The molecule has 1 N–H and O–H groups in total. The summed E-state index contributed by atoms with van der Waals surface area (Å²) in [6.45, 7) is 6.54. The van der Waals surface area contributed by atoms with Crippen molar-refractivity contribution in [2.24, 2.45) is 23.4 Å². The number of nitrogens with zero attached hydrogens (tertiary/aromatic N) is 4. The molecule has 0 radical (unpaired) electrons. The van der Waals surface area contributed by atoms with E-state index in [1.165, 1.54) is 13.2 Å². The molecule has 0 bridgehead atoms. The molecule has 2 aromatic rings. The summed E-state index contributed by atoms with van der Waals surface area (Å²) in [5.74, 6) is 0.349. The molecule has 4 rings (SSSR count). The molecule has 3 heterocycles. The fourth-order valence-electron chi connectivity index (χ4n) is 4.70. The minimum absolute atomic E-state index is 0.0495. The van der Waals surface area contributed by atoms with E-state index in [1.54, 1.807) is 24.0 Å². The van der Waals surface area contributed by atoms with Crippen LogP contribution in [-0.4, -0.2) is 52.8 Å². The van der Waals surface area contributed by atoms with Gasteiger partial charge in [0, 0.05) is 44.5 Å². The maximum absolute atomic E-state index is 13.0. The molecule has 2 aliphatic rings. The number of furan rings is 1. The number of likely N-dealkylation sites (tertiary alicyclic amines) is 1. The first kappa shape index (κ1) is 23.8. The van der Waals surface area contributed by atoms with Crippen LogP contribution in [0, 0.1) is 18.3 Å². The molecule has 8 nitrogen and oxygen atoms in total. The van der Waals surface area contributed by atoms with E-state index in [1.807, 2.05) is 0 Å². The second-order valence-electron chi connectivity index (χ2n) is 8.92. The molecule has 2 fully saturated rings. The maximum atomic E-state index is 13.0. The highest BCUT2D eigenvalue weighted by Crippen LogP contribution is 2.59. The van der Waals surface area contributed by atoms with Crippen molar-refractivity contribution in [3.8, 4) is 0 Å². The van der Waals surface area contributed by atoms with Crippen molar-refractivity contribution in [1.29, 1.82) is 0 Å². The van der Waals surface area contributed by atoms with Gasteiger partial charge < -0.3 is 14.6 Å². The summed E-state index contributed by atoms with van der Waals surface area (Å²) in [4.78, 5) is 30.4. The highest BCUT2D eigenvalue weighted by Gasteiger charge is 2.55. The number of hydrogen-bond acceptors (Lipinski definition) is 5. The molecule has 2 amide bonds. The lowest BCUT2D eigenvalue weighted by Gasteiger charge is -2.32. The van der Waals surface area contributed by atoms with E-state index in [0.29, 0.717) is 36.0 Å². The number of aliphatic imine (C=N–C) groups is 1. The van der Waals surface area contributed by atoms with E-state index in [9.17, 15) is 22.8 Å². The number of nitrogens with one attached hydrogen (secondary N) is 1. The lowest BCUT2D eigenvalue weighted by atomic mass is 9.90. The van der Waals surface area contributed by atoms with Crippen molar-refractivity contribution >= 4 is 24.6 Å². The van der Waals surface area contributed by atoms with Gasteiger partial charge in [-0.25, -0.2) is 0 Å². The van der Waals surface area contributed by atoms with Gasteiger partial charge in [0.2, 0.25) is 0 Å². The number of alkyl halides is 3. The van der Waals surface area contributed by atoms with Gasteiger partial charge in [0.25, 0.3) is 11.8 Å². The quantitative estimate of drug-likeness (QED) is 0.643. The molecule has 2 aromatic heterocycles. The molecular weight excluding hydrogens is 451 g/mol. The first-order chi connectivity index (χ1) is 16.0. The number of aryl methyl sites for hydroxylation is 2. The second-order valence-corrected chi connectivity index (χ2v) is 8.92. The Kier molecular flexibility index (Phi) is 6.13. The number of hydrogen-bond donors (Lipinski definition) is 1. The van der Waals surface area contributed by atoms with Crippen molar-refractivity contribution < 1.29 is 27.2 Å². The van der Waals surface area contributed by atoms with Crippen LogP contribution in [0.5, 0.6) is 0 Å². The first-order valence-electron chi connectivity index (χ1n) is 11.0. The summed E-state index contributed by atoms with van der Waals surface area (Å²) in [6, 6.07) is 2.45. The standard InChI is InChI=1S/C23H26F3N5O3/c1-14-15(4-7-27-2)10-18(34-14)20(32)28-13-16-12-22(16)5-8-31(9-6-22)21(33)17-11-19(23(24,25)26)30(3)29-17/h4,7,10-11,16H,2,5-6,8-9,12-13H2,1,3H3,(H,28,32)/b7-4-. The third-order valence-corrected chi connectivity index (χ3v) is 6.84. The lowest BCUT2D eigenvalue weighted by Crippen LogP contribution is -2.40. The average molecular weight is 477 g/mol. The number of amides is 2. The van der Waals surface area contributed by atoms with Crippen molar-refractivity contribution in [3.63, 3.8) is 0 Å². The number of halogens is 3. The third kappa shape index (κ3) is 4.64. The van der Waals surface area contributed by atoms with Crippen LogP contribution in [0.4, 0.5) is 13.2 Å². The van der Waals surface area contributed by atoms with Gasteiger partial charge in [-0.3, -0.25) is 19.3 Å². The number of carbonyl (C=O) groups excluding carboxylic acids is 2. The Morgan fingerprint density at radius 3 is 2.68 bits per heavy atom. The highest BCUT2D eigenvalue weighted by molar-refractivity contribution is 5.93. The zero-order valence-electron chi connectivity index (χ0n) is 19.0. The highest BCUT2D eigenvalue weighted by atomic mass is 19.4. The monoisotopic (exact) mass is 477 g/mol. The van der Waals surface area contributed by atoms with E-state index < -0.39 is 17.8 Å². The van der Waals surface area contributed by atoms with Gasteiger partial charge in [0.05, 0.1) is 0 Å². The summed E-state index contributed by atoms with van der Waals surface area (Å²) in [5, 5.41) is 6.68. The zero-order valence-corrected chi connectivity index (χ0v) is 19.0. The number of aromatic nitrogens is 2. The van der Waals surface area contributed by atoms with Crippen LogP contribution in [0.1, 0.15) is 57.3 Å². The van der Waals surface area contributed by atoms with E-state index in [-0.39, 0.29) is 22.8 Å². The van der Waals surface area contributed by atoms with Gasteiger partial charge in [-0.05, 0) is 56.4 Å². The van der Waals surface area contributed by atoms with Crippen LogP contribution in [0.25, 0.3) is 6.08 Å². The average Bonchev–Trinajstić information content (AvgIpc) is 3.09. The van der Waals surface area contributed by atoms with E-state index in [4.69, 9.17) is 4.42 Å². The molecule has 0 aromatic carbocycles. The molecule has 1 saturated heterocycles. The minimum Gasteiger partial charge on any atom is -0.456 e. The van der Waals surface area contributed by atoms with Crippen LogP contribution < -0.4 is 5.32 Å². The fraction of sp³-hybridized carbons (Fsp3) is 0.478. The Balaban J connectivity index is 1.28. The molecular formula is C23H26F3N5O3. The first-order valence-corrected chi connectivity index (χ1v) is 11.0. The van der Waals surface area contributed by atoms with Gasteiger partial charge in [0.1, 0.15) is 11.5 Å². The zero-order chi connectivity index (χ0) is 24.7. The van der Waals surface area contributed by atoms with E-state index in [2.05, 4.69) is 22.1 Å². The summed E-state index contributed by atoms with van der Waals surface area (Å²) in [7, 11) is 1.17. The molecule has 1 saturated carbocycles. The molecule has 1 unspecified atom stereocenters. The van der Waals surface area contributed by atoms with Crippen molar-refractivity contribution in [3.05, 3.63) is 46.8 Å². The normalized spacial score (nSPS) is 19.6. The van der Waals surface area contributed by atoms with Crippen molar-refractivity contribution in [2.45, 2.75) is 32.4 Å². The van der Waals surface area contributed by atoms with Gasteiger partial charge in [-0.15, -0.1) is 0 Å². The van der Waals surface area contributed by atoms with Crippen molar-refractivity contribution in [2.75, 3.05) is 19.6 Å². The lowest BCUT2D eigenvalue weighted by molar-refractivity contribution is -0.143. The molecule has 182 valence electrons. The Hall–Kier alpha value is -3.37. The summed E-state index contributed by atoms with van der Waals surface area (Å²) in [5.41, 5.74) is -0.340. The molecule has 1 atom stereocenters. The minimum atomic E-state index is -4.56. The largest absolute Gasteiger partial charge is 0.456 e. The van der Waals surface area contributed by atoms with Crippen LogP contribution in [0.15, 0.2) is 27.7 Å². The van der Waals surface area contributed by atoms with Crippen molar-refractivity contribution in [1.82, 2.24) is 20.0 Å². The number of rotatable bonds is 6. The molecule has 11 heteroatoms. The summed E-state index contributed by atoms with van der Waals surface area (Å²) >= 11 is 0. The SMILES string of the molecule is C=N/C=C\c1cc(C(=O)NCC2CC23CCN(C(=O)c2cc(C(F)(F)F)n(C)n2)CC3)oc1C. The third-order valence-electron chi connectivity index (χ3n) is 6.84. The number of carbonyl (C=O) groups is 2. The smallest absolute Gasteiger partial charge is 0.433 e. The molecule has 1 aliphatic carbocycles. The molecule has 34 heavy (non-hydrogen) atoms. The van der Waals surface area contributed by atoms with Crippen LogP contribution in [-0.2, 0) is 13.2 Å². The van der Waals surface area contributed by atoms with Gasteiger partial charge in [-0.2, -0.15) is 18.3 Å². The van der Waals surface area contributed by atoms with Crippen LogP contribution in [0.2, 0.25) is 0 Å². The topological polar surface area (TPSA) is 92.7 Å².